The zero-order valence-electron chi connectivity index (χ0n) is 11.0. The second-order valence-electron chi connectivity index (χ2n) is 4.48. The molecule has 1 heterocycles. The summed E-state index contributed by atoms with van der Waals surface area (Å²) < 4.78 is 38.2. The molecule has 0 radical (unpaired) electrons. The standard InChI is InChI=1S/C14H8Cl2F3NO2/c1-6-4-7(14(17,18)19)5-9(16)11(6)10-3-2-8(15)12(20-10)13(21)22/h2-5H,1H3,(H,21,22). The average Bonchev–Trinajstić information content (AvgIpc) is 2.38. The van der Waals surface area contributed by atoms with Gasteiger partial charge in [-0.15, -0.1) is 0 Å². The summed E-state index contributed by atoms with van der Waals surface area (Å²) in [5.41, 5.74) is -0.682. The number of rotatable bonds is 2. The van der Waals surface area contributed by atoms with Crippen LogP contribution in [0, 0.1) is 6.92 Å². The fourth-order valence-corrected chi connectivity index (χ4v) is 2.51. The number of aromatic nitrogens is 1. The van der Waals surface area contributed by atoms with Crippen molar-refractivity contribution in [3.05, 3.63) is 51.1 Å². The van der Waals surface area contributed by atoms with Crippen LogP contribution in [-0.4, -0.2) is 16.1 Å². The van der Waals surface area contributed by atoms with Gasteiger partial charge in [0.15, 0.2) is 5.69 Å². The van der Waals surface area contributed by atoms with Gasteiger partial charge in [-0.2, -0.15) is 13.2 Å². The summed E-state index contributed by atoms with van der Waals surface area (Å²) in [7, 11) is 0. The van der Waals surface area contributed by atoms with E-state index in [1.54, 1.807) is 0 Å². The lowest BCUT2D eigenvalue weighted by Crippen LogP contribution is -2.07. The molecule has 3 nitrogen and oxygen atoms in total. The van der Waals surface area contributed by atoms with Gasteiger partial charge < -0.3 is 5.11 Å². The molecule has 0 spiro atoms. The van der Waals surface area contributed by atoms with Crippen LogP contribution in [0.25, 0.3) is 11.3 Å². The van der Waals surface area contributed by atoms with Crippen LogP contribution >= 0.6 is 23.2 Å². The summed E-state index contributed by atoms with van der Waals surface area (Å²) in [6.07, 6.45) is -4.52. The van der Waals surface area contributed by atoms with E-state index in [2.05, 4.69) is 4.98 Å². The second-order valence-corrected chi connectivity index (χ2v) is 5.29. The molecular formula is C14H8Cl2F3NO2. The minimum atomic E-state index is -4.52. The van der Waals surface area contributed by atoms with Crippen LogP contribution in [0.4, 0.5) is 13.2 Å². The fraction of sp³-hybridized carbons (Fsp3) is 0.143. The van der Waals surface area contributed by atoms with Crippen LogP contribution in [0.5, 0.6) is 0 Å². The van der Waals surface area contributed by atoms with Crippen molar-refractivity contribution in [3.8, 4) is 11.3 Å². The predicted molar refractivity (Wildman–Crippen MR) is 76.4 cm³/mol. The Morgan fingerprint density at radius 3 is 2.32 bits per heavy atom. The number of carbonyl (C=O) groups is 1. The molecule has 1 aromatic carbocycles. The number of aryl methyl sites for hydroxylation is 1. The number of pyridine rings is 1. The van der Waals surface area contributed by atoms with E-state index >= 15 is 0 Å². The molecule has 116 valence electrons. The Morgan fingerprint density at radius 1 is 1.18 bits per heavy atom. The van der Waals surface area contributed by atoms with Crippen molar-refractivity contribution in [1.29, 1.82) is 0 Å². The van der Waals surface area contributed by atoms with Gasteiger partial charge in [-0.1, -0.05) is 23.2 Å². The maximum atomic E-state index is 12.7. The lowest BCUT2D eigenvalue weighted by molar-refractivity contribution is -0.137. The van der Waals surface area contributed by atoms with Crippen LogP contribution in [0.15, 0.2) is 24.3 Å². The van der Waals surface area contributed by atoms with Gasteiger partial charge in [-0.3, -0.25) is 0 Å². The molecule has 22 heavy (non-hydrogen) atoms. The van der Waals surface area contributed by atoms with Crippen LogP contribution in [0.3, 0.4) is 0 Å². The van der Waals surface area contributed by atoms with Crippen molar-refractivity contribution < 1.29 is 23.1 Å². The molecule has 2 aromatic rings. The molecule has 0 unspecified atom stereocenters. The summed E-state index contributed by atoms with van der Waals surface area (Å²) in [6, 6.07) is 4.41. The first-order valence-corrected chi connectivity index (χ1v) is 6.64. The average molecular weight is 350 g/mol. The van der Waals surface area contributed by atoms with E-state index in [0.29, 0.717) is 0 Å². The number of aromatic carboxylic acids is 1. The van der Waals surface area contributed by atoms with Crippen molar-refractivity contribution in [3.63, 3.8) is 0 Å². The lowest BCUT2D eigenvalue weighted by Gasteiger charge is -2.13. The maximum absolute atomic E-state index is 12.7. The molecule has 0 fully saturated rings. The molecule has 2 rings (SSSR count). The van der Waals surface area contributed by atoms with Gasteiger partial charge in [0.05, 0.1) is 21.3 Å². The molecular weight excluding hydrogens is 342 g/mol. The molecule has 0 aliphatic heterocycles. The number of halogens is 5. The lowest BCUT2D eigenvalue weighted by atomic mass is 10.0. The number of alkyl halides is 3. The highest BCUT2D eigenvalue weighted by Gasteiger charge is 2.32. The Kier molecular flexibility index (Phi) is 4.35. The highest BCUT2D eigenvalue weighted by atomic mass is 35.5. The molecule has 8 heteroatoms. The van der Waals surface area contributed by atoms with Gasteiger partial charge in [-0.05, 0) is 36.8 Å². The quantitative estimate of drug-likeness (QED) is 0.822. The first kappa shape index (κ1) is 16.6. The molecule has 0 saturated heterocycles. The van der Waals surface area contributed by atoms with Gasteiger partial charge in [0.1, 0.15) is 0 Å². The Hall–Kier alpha value is -1.79. The number of carboxylic acid groups (broad SMARTS) is 1. The number of hydrogen-bond acceptors (Lipinski definition) is 2. The zero-order chi connectivity index (χ0) is 16.7. The Balaban J connectivity index is 2.64. The smallest absolute Gasteiger partial charge is 0.416 e. The van der Waals surface area contributed by atoms with E-state index in [0.717, 1.165) is 12.1 Å². The minimum absolute atomic E-state index is 0.0723. The first-order chi connectivity index (χ1) is 10.1. The number of carboxylic acids is 1. The second kappa shape index (κ2) is 5.78. The molecule has 1 N–H and O–H groups in total. The van der Waals surface area contributed by atoms with Crippen LogP contribution in [-0.2, 0) is 6.18 Å². The SMILES string of the molecule is Cc1cc(C(F)(F)F)cc(Cl)c1-c1ccc(Cl)c(C(=O)O)n1. The first-order valence-electron chi connectivity index (χ1n) is 5.89. The summed E-state index contributed by atoms with van der Waals surface area (Å²) in [6.45, 7) is 1.44. The molecule has 0 saturated carbocycles. The third-order valence-electron chi connectivity index (χ3n) is 2.92. The normalized spacial score (nSPS) is 11.5. The third kappa shape index (κ3) is 3.18. The Labute approximate surface area is 133 Å². The van der Waals surface area contributed by atoms with E-state index < -0.39 is 23.4 Å². The van der Waals surface area contributed by atoms with Crippen LogP contribution in [0.1, 0.15) is 21.6 Å². The van der Waals surface area contributed by atoms with Gasteiger partial charge in [-0.25, -0.2) is 9.78 Å². The monoisotopic (exact) mass is 349 g/mol. The molecule has 1 aromatic heterocycles. The van der Waals surface area contributed by atoms with Gasteiger partial charge in [0.2, 0.25) is 0 Å². The van der Waals surface area contributed by atoms with E-state index in [1.807, 2.05) is 0 Å². The molecule has 0 aliphatic rings. The number of nitrogens with zero attached hydrogens (tertiary/aromatic N) is 1. The summed E-state index contributed by atoms with van der Waals surface area (Å²) >= 11 is 11.6. The molecule has 0 bridgehead atoms. The van der Waals surface area contributed by atoms with E-state index in [1.165, 1.54) is 19.1 Å². The molecule has 0 atom stereocenters. The van der Waals surface area contributed by atoms with Crippen molar-refractivity contribution in [1.82, 2.24) is 4.98 Å². The van der Waals surface area contributed by atoms with Gasteiger partial charge >= 0.3 is 12.1 Å². The number of hydrogen-bond donors (Lipinski definition) is 1. The fourth-order valence-electron chi connectivity index (χ4n) is 1.96. The summed E-state index contributed by atoms with van der Waals surface area (Å²) in [5, 5.41) is 8.76. The highest BCUT2D eigenvalue weighted by molar-refractivity contribution is 6.34. The summed E-state index contributed by atoms with van der Waals surface area (Å²) in [5.74, 6) is -1.34. The minimum Gasteiger partial charge on any atom is -0.476 e. The van der Waals surface area contributed by atoms with E-state index in [-0.39, 0.29) is 26.9 Å². The third-order valence-corrected chi connectivity index (χ3v) is 3.52. The number of benzene rings is 1. The molecule has 0 amide bonds. The van der Waals surface area contributed by atoms with Crippen LogP contribution in [0.2, 0.25) is 10.0 Å². The predicted octanol–water partition coefficient (Wildman–Crippen LogP) is 5.08. The molecule has 0 aliphatic carbocycles. The highest BCUT2D eigenvalue weighted by Crippen LogP contribution is 2.37. The maximum Gasteiger partial charge on any atom is 0.416 e. The van der Waals surface area contributed by atoms with Gasteiger partial charge in [0, 0.05) is 5.56 Å². The van der Waals surface area contributed by atoms with Crippen LogP contribution < -0.4 is 0 Å². The van der Waals surface area contributed by atoms with Crippen molar-refractivity contribution in [2.45, 2.75) is 13.1 Å². The van der Waals surface area contributed by atoms with E-state index in [9.17, 15) is 18.0 Å². The largest absolute Gasteiger partial charge is 0.476 e. The Morgan fingerprint density at radius 2 is 1.82 bits per heavy atom. The van der Waals surface area contributed by atoms with Crippen molar-refractivity contribution >= 4 is 29.2 Å². The van der Waals surface area contributed by atoms with Crippen molar-refractivity contribution in [2.75, 3.05) is 0 Å². The van der Waals surface area contributed by atoms with Gasteiger partial charge in [0.25, 0.3) is 0 Å². The zero-order valence-corrected chi connectivity index (χ0v) is 12.5. The summed E-state index contributed by atoms with van der Waals surface area (Å²) in [4.78, 5) is 14.9. The Bertz CT molecular complexity index is 737. The topological polar surface area (TPSA) is 50.2 Å². The van der Waals surface area contributed by atoms with Crippen molar-refractivity contribution in [2.24, 2.45) is 0 Å². The van der Waals surface area contributed by atoms with E-state index in [4.69, 9.17) is 28.3 Å².